The van der Waals surface area contributed by atoms with Gasteiger partial charge in [0.1, 0.15) is 0 Å². The van der Waals surface area contributed by atoms with Crippen LogP contribution in [0.3, 0.4) is 0 Å². The summed E-state index contributed by atoms with van der Waals surface area (Å²) in [7, 11) is 4.69. The molecule has 0 N–H and O–H groups in total. The number of rotatable bonds is 17. The zero-order valence-corrected chi connectivity index (χ0v) is 16.9. The molecule has 0 unspecified atom stereocenters. The Morgan fingerprint density at radius 2 is 1.00 bits per heavy atom. The third-order valence-electron chi connectivity index (χ3n) is 5.13. The minimum absolute atomic E-state index is 1.18. The second kappa shape index (κ2) is 16.6. The van der Waals surface area contributed by atoms with Gasteiger partial charge in [0.2, 0.25) is 0 Å². The van der Waals surface area contributed by atoms with Crippen molar-refractivity contribution in [1.82, 2.24) is 0 Å². The molecule has 1 heteroatoms. The zero-order valence-electron chi connectivity index (χ0n) is 16.9. The van der Waals surface area contributed by atoms with E-state index in [0.717, 1.165) is 0 Å². The Bertz CT molecular complexity index is 255. The SMILES string of the molecule is CCCCCCCC/C=C\CCCCCCCC[N+](C)(C)CC. The number of hydrogen-bond donors (Lipinski definition) is 0. The number of quaternary nitrogens is 1. The highest BCUT2D eigenvalue weighted by molar-refractivity contribution is 4.81. The average Bonchev–Trinajstić information content (AvgIpc) is 2.54. The average molecular weight is 325 g/mol. The molecule has 1 nitrogen and oxygen atoms in total. The first-order valence-corrected chi connectivity index (χ1v) is 10.6. The van der Waals surface area contributed by atoms with Gasteiger partial charge >= 0.3 is 0 Å². The van der Waals surface area contributed by atoms with E-state index in [2.05, 4.69) is 40.1 Å². The molecule has 0 bridgehead atoms. The van der Waals surface area contributed by atoms with Gasteiger partial charge in [0.05, 0.1) is 27.2 Å². The number of hydrogen-bond acceptors (Lipinski definition) is 0. The summed E-state index contributed by atoms with van der Waals surface area (Å²) in [5.74, 6) is 0. The van der Waals surface area contributed by atoms with Crippen LogP contribution in [0.4, 0.5) is 0 Å². The lowest BCUT2D eigenvalue weighted by atomic mass is 10.1. The lowest BCUT2D eigenvalue weighted by Crippen LogP contribution is -2.39. The van der Waals surface area contributed by atoms with Crippen LogP contribution in [0, 0.1) is 0 Å². The van der Waals surface area contributed by atoms with E-state index < -0.39 is 0 Å². The maximum absolute atomic E-state index is 2.42. The van der Waals surface area contributed by atoms with Crippen molar-refractivity contribution in [2.45, 2.75) is 104 Å². The molecule has 0 saturated heterocycles. The predicted octanol–water partition coefficient (Wildman–Crippen LogP) is 7.12. The van der Waals surface area contributed by atoms with Crippen molar-refractivity contribution in [2.24, 2.45) is 0 Å². The molecule has 138 valence electrons. The molecule has 0 saturated carbocycles. The maximum atomic E-state index is 2.42. The molecule has 0 heterocycles. The van der Waals surface area contributed by atoms with E-state index in [0.29, 0.717) is 0 Å². The molecule has 0 radical (unpaired) electrons. The van der Waals surface area contributed by atoms with Crippen molar-refractivity contribution < 1.29 is 4.48 Å². The van der Waals surface area contributed by atoms with Crippen molar-refractivity contribution in [3.63, 3.8) is 0 Å². The highest BCUT2D eigenvalue weighted by Gasteiger charge is 2.09. The Morgan fingerprint density at radius 1 is 0.565 bits per heavy atom. The van der Waals surface area contributed by atoms with Crippen LogP contribution in [0.5, 0.6) is 0 Å². The Labute approximate surface area is 148 Å². The van der Waals surface area contributed by atoms with E-state index in [-0.39, 0.29) is 0 Å². The monoisotopic (exact) mass is 324 g/mol. The molecule has 0 spiro atoms. The Hall–Kier alpha value is -0.300. The molecule has 0 aromatic rings. The van der Waals surface area contributed by atoms with Crippen molar-refractivity contribution in [2.75, 3.05) is 27.2 Å². The summed E-state index contributed by atoms with van der Waals surface area (Å²) in [6.07, 6.45) is 24.4. The van der Waals surface area contributed by atoms with Crippen LogP contribution >= 0.6 is 0 Å². The van der Waals surface area contributed by atoms with Crippen LogP contribution in [0.25, 0.3) is 0 Å². The van der Waals surface area contributed by atoms with Crippen molar-refractivity contribution in [3.05, 3.63) is 12.2 Å². The highest BCUT2D eigenvalue weighted by Crippen LogP contribution is 2.10. The fraction of sp³-hybridized carbons (Fsp3) is 0.909. The van der Waals surface area contributed by atoms with E-state index in [1.807, 2.05) is 0 Å². The molecule has 0 atom stereocenters. The van der Waals surface area contributed by atoms with Gasteiger partial charge < -0.3 is 4.48 Å². The third-order valence-corrected chi connectivity index (χ3v) is 5.13. The fourth-order valence-electron chi connectivity index (χ4n) is 2.95. The van der Waals surface area contributed by atoms with E-state index in [1.54, 1.807) is 0 Å². The quantitative estimate of drug-likeness (QED) is 0.152. The molecule has 0 aromatic carbocycles. The second-order valence-corrected chi connectivity index (χ2v) is 7.91. The lowest BCUT2D eigenvalue weighted by molar-refractivity contribution is -0.888. The first-order valence-electron chi connectivity index (χ1n) is 10.6. The Morgan fingerprint density at radius 3 is 1.48 bits per heavy atom. The summed E-state index contributed by atoms with van der Waals surface area (Å²) in [6.45, 7) is 7.18. The van der Waals surface area contributed by atoms with Gasteiger partial charge in [-0.1, -0.05) is 70.4 Å². The summed E-state index contributed by atoms with van der Waals surface area (Å²) in [6, 6.07) is 0. The van der Waals surface area contributed by atoms with Gasteiger partial charge in [0.25, 0.3) is 0 Å². The summed E-state index contributed by atoms with van der Waals surface area (Å²) in [4.78, 5) is 0. The van der Waals surface area contributed by atoms with E-state index in [1.165, 1.54) is 107 Å². The summed E-state index contributed by atoms with van der Waals surface area (Å²) in [5.41, 5.74) is 0. The number of allylic oxidation sites excluding steroid dienone is 2. The molecule has 0 rings (SSSR count). The number of unbranched alkanes of at least 4 members (excludes halogenated alkanes) is 12. The topological polar surface area (TPSA) is 0 Å². The van der Waals surface area contributed by atoms with Crippen molar-refractivity contribution >= 4 is 0 Å². The minimum Gasteiger partial charge on any atom is -0.329 e. The Kier molecular flexibility index (Phi) is 16.3. The summed E-state index contributed by atoms with van der Waals surface area (Å²) in [5, 5.41) is 0. The van der Waals surface area contributed by atoms with Gasteiger partial charge in [-0.25, -0.2) is 0 Å². The van der Waals surface area contributed by atoms with Gasteiger partial charge in [0.15, 0.2) is 0 Å². The largest absolute Gasteiger partial charge is 0.329 e. The van der Waals surface area contributed by atoms with Crippen LogP contribution in [0.2, 0.25) is 0 Å². The second-order valence-electron chi connectivity index (χ2n) is 7.91. The van der Waals surface area contributed by atoms with Crippen LogP contribution in [-0.4, -0.2) is 31.7 Å². The van der Waals surface area contributed by atoms with Crippen LogP contribution in [-0.2, 0) is 0 Å². The van der Waals surface area contributed by atoms with Gasteiger partial charge in [-0.2, -0.15) is 0 Å². The smallest absolute Gasteiger partial charge is 0.0782 e. The van der Waals surface area contributed by atoms with E-state index in [9.17, 15) is 0 Å². The normalized spacial score (nSPS) is 12.3. The molecular weight excluding hydrogens is 278 g/mol. The molecule has 0 aliphatic rings. The number of nitrogens with zero attached hydrogens (tertiary/aromatic N) is 1. The van der Waals surface area contributed by atoms with Gasteiger partial charge in [-0.3, -0.25) is 0 Å². The first-order chi connectivity index (χ1) is 11.1. The van der Waals surface area contributed by atoms with Gasteiger partial charge in [-0.15, -0.1) is 0 Å². The van der Waals surface area contributed by atoms with E-state index in [4.69, 9.17) is 0 Å². The molecular formula is C22H46N+. The molecule has 0 aliphatic carbocycles. The highest BCUT2D eigenvalue weighted by atomic mass is 15.3. The third kappa shape index (κ3) is 17.9. The zero-order chi connectivity index (χ0) is 17.2. The molecule has 0 fully saturated rings. The predicted molar refractivity (Wildman–Crippen MR) is 107 cm³/mol. The van der Waals surface area contributed by atoms with E-state index >= 15 is 0 Å². The lowest BCUT2D eigenvalue weighted by Gasteiger charge is -2.28. The summed E-state index contributed by atoms with van der Waals surface area (Å²) < 4.78 is 1.18. The molecule has 0 aliphatic heterocycles. The van der Waals surface area contributed by atoms with Crippen LogP contribution in [0.15, 0.2) is 12.2 Å². The van der Waals surface area contributed by atoms with Crippen molar-refractivity contribution in [3.8, 4) is 0 Å². The van der Waals surface area contributed by atoms with Crippen LogP contribution in [0.1, 0.15) is 104 Å². The Balaban J connectivity index is 3.16. The molecule has 0 aromatic heterocycles. The molecule has 0 amide bonds. The summed E-state index contributed by atoms with van der Waals surface area (Å²) >= 11 is 0. The minimum atomic E-state index is 1.18. The fourth-order valence-corrected chi connectivity index (χ4v) is 2.95. The molecule has 23 heavy (non-hydrogen) atoms. The van der Waals surface area contributed by atoms with Crippen LogP contribution < -0.4 is 0 Å². The van der Waals surface area contributed by atoms with Gasteiger partial charge in [-0.05, 0) is 45.4 Å². The first kappa shape index (κ1) is 22.7. The standard InChI is InChI=1S/C22H46N/c1-5-7-8-9-10-11-12-13-14-15-16-17-18-19-20-21-22-23(3,4)6-2/h13-14H,5-12,15-22H2,1-4H3/q+1/b14-13-. The van der Waals surface area contributed by atoms with Crippen molar-refractivity contribution in [1.29, 1.82) is 0 Å². The van der Waals surface area contributed by atoms with Gasteiger partial charge in [0, 0.05) is 0 Å². The maximum Gasteiger partial charge on any atom is 0.0782 e.